The van der Waals surface area contributed by atoms with Crippen molar-refractivity contribution >= 4 is 46.7 Å². The molecule has 3 rings (SSSR count). The highest BCUT2D eigenvalue weighted by Crippen LogP contribution is 2.23. The van der Waals surface area contributed by atoms with E-state index in [1.165, 1.54) is 11.1 Å². The predicted molar refractivity (Wildman–Crippen MR) is 107 cm³/mol. The van der Waals surface area contributed by atoms with Crippen molar-refractivity contribution in [2.24, 2.45) is 10.9 Å². The first-order valence-corrected chi connectivity index (χ1v) is 8.64. The van der Waals surface area contributed by atoms with Gasteiger partial charge in [-0.25, -0.2) is 0 Å². The maximum atomic E-state index is 12.9. The average molecular weight is 365 g/mol. The minimum Gasteiger partial charge on any atom is -0.301 e. The summed E-state index contributed by atoms with van der Waals surface area (Å²) >= 11 is 5.19. The zero-order chi connectivity index (χ0) is 18.8. The molecule has 0 aliphatic carbocycles. The summed E-state index contributed by atoms with van der Waals surface area (Å²) in [6.45, 7) is 5.86. The van der Waals surface area contributed by atoms with E-state index in [1.54, 1.807) is 12.1 Å². The molecule has 1 fully saturated rings. The van der Waals surface area contributed by atoms with Crippen molar-refractivity contribution in [1.82, 2.24) is 5.32 Å². The third-order valence-corrected chi connectivity index (χ3v) is 4.51. The molecular weight excluding hydrogens is 346 g/mol. The number of nitrogens with one attached hydrogen (secondary N) is 1. The summed E-state index contributed by atoms with van der Waals surface area (Å²) in [5.41, 5.74) is 4.46. The maximum absolute atomic E-state index is 12.9. The molecule has 1 aliphatic rings. The summed E-state index contributed by atoms with van der Waals surface area (Å²) in [4.78, 5) is 30.9. The minimum absolute atomic E-state index is 0.0836. The summed E-state index contributed by atoms with van der Waals surface area (Å²) in [6, 6.07) is 13.2. The maximum Gasteiger partial charge on any atom is 0.251 e. The van der Waals surface area contributed by atoms with Gasteiger partial charge in [-0.15, -0.1) is 0 Å². The Hall–Kier alpha value is -2.86. The fraction of sp³-hybridized carbons (Fsp3) is 0.200. The lowest BCUT2D eigenvalue weighted by molar-refractivity contribution is -0.130. The van der Waals surface area contributed by atoms with Gasteiger partial charge >= 0.3 is 0 Å². The average Bonchev–Trinajstić information content (AvgIpc) is 2.59. The van der Waals surface area contributed by atoms with E-state index >= 15 is 0 Å². The zero-order valence-electron chi connectivity index (χ0n) is 14.8. The second-order valence-corrected chi connectivity index (χ2v) is 6.74. The van der Waals surface area contributed by atoms with Crippen molar-refractivity contribution < 1.29 is 9.59 Å². The lowest BCUT2D eigenvalue weighted by Crippen LogP contribution is -2.58. The van der Waals surface area contributed by atoms with Crippen molar-refractivity contribution in [1.29, 1.82) is 0 Å². The second-order valence-electron chi connectivity index (χ2n) is 6.35. The Balaban J connectivity index is 1.91. The summed E-state index contributed by atoms with van der Waals surface area (Å²) in [6.07, 6.45) is 1.39. The van der Waals surface area contributed by atoms with E-state index in [9.17, 15) is 9.59 Å². The molecule has 1 aliphatic heterocycles. The number of rotatable bonds is 3. The van der Waals surface area contributed by atoms with E-state index in [1.807, 2.05) is 51.1 Å². The Morgan fingerprint density at radius 2 is 1.69 bits per heavy atom. The van der Waals surface area contributed by atoms with Crippen LogP contribution in [0.3, 0.4) is 0 Å². The molecule has 2 amide bonds. The fourth-order valence-corrected chi connectivity index (χ4v) is 2.97. The fourth-order valence-electron chi connectivity index (χ4n) is 2.67. The highest BCUT2D eigenvalue weighted by molar-refractivity contribution is 7.80. The molecule has 2 aromatic rings. The largest absolute Gasteiger partial charge is 0.301 e. The molecule has 5 nitrogen and oxygen atoms in total. The van der Waals surface area contributed by atoms with Crippen LogP contribution < -0.4 is 10.2 Å². The molecule has 0 bridgehead atoms. The number of hydrogen-bond donors (Lipinski definition) is 1. The molecule has 0 saturated carbocycles. The predicted octanol–water partition coefficient (Wildman–Crippen LogP) is 3.38. The summed E-state index contributed by atoms with van der Waals surface area (Å²) < 4.78 is 0. The molecule has 1 N–H and O–H groups in total. The van der Waals surface area contributed by atoms with Crippen molar-refractivity contribution in [3.05, 3.63) is 59.2 Å². The van der Waals surface area contributed by atoms with Crippen LogP contribution in [0.25, 0.3) is 0 Å². The van der Waals surface area contributed by atoms with E-state index in [-0.39, 0.29) is 5.11 Å². The van der Waals surface area contributed by atoms with E-state index in [0.29, 0.717) is 5.69 Å². The molecule has 1 saturated heterocycles. The first-order chi connectivity index (χ1) is 12.4. The standard InChI is InChI=1S/C20H19N3O2S/c1-12-5-8-15(9-6-12)23-19(25)16(18(24)22-20(23)26)11-21-17-10-13(2)4-7-14(17)3/h4-11,16H,1-3H3,(H,22,24,26)/t16-/m1/s1. The van der Waals surface area contributed by atoms with Crippen LogP contribution in [0.15, 0.2) is 47.5 Å². The van der Waals surface area contributed by atoms with Gasteiger partial charge in [-0.3, -0.25) is 19.5 Å². The Bertz CT molecular complexity index is 919. The number of hydrogen-bond acceptors (Lipinski definition) is 4. The van der Waals surface area contributed by atoms with Crippen LogP contribution in [0.2, 0.25) is 0 Å². The van der Waals surface area contributed by atoms with Crippen LogP contribution in [-0.2, 0) is 9.59 Å². The van der Waals surface area contributed by atoms with Crippen LogP contribution in [0, 0.1) is 26.7 Å². The number of benzene rings is 2. The Labute approximate surface area is 157 Å². The van der Waals surface area contributed by atoms with Gasteiger partial charge in [-0.2, -0.15) is 0 Å². The molecule has 26 heavy (non-hydrogen) atoms. The quantitative estimate of drug-likeness (QED) is 0.515. The molecule has 1 atom stereocenters. The van der Waals surface area contributed by atoms with Gasteiger partial charge in [0.1, 0.15) is 0 Å². The Morgan fingerprint density at radius 3 is 2.38 bits per heavy atom. The number of anilines is 1. The van der Waals surface area contributed by atoms with Gasteiger partial charge in [0.05, 0.1) is 11.4 Å². The Morgan fingerprint density at radius 1 is 1.04 bits per heavy atom. The number of amides is 2. The normalized spacial score (nSPS) is 17.7. The van der Waals surface area contributed by atoms with Gasteiger partial charge in [0.2, 0.25) is 5.91 Å². The summed E-state index contributed by atoms with van der Waals surface area (Å²) in [5.74, 6) is -1.89. The van der Waals surface area contributed by atoms with E-state index < -0.39 is 17.7 Å². The second kappa shape index (κ2) is 7.17. The topological polar surface area (TPSA) is 61.8 Å². The molecule has 6 heteroatoms. The molecule has 0 unspecified atom stereocenters. The van der Waals surface area contributed by atoms with E-state index in [0.717, 1.165) is 22.4 Å². The molecule has 2 aromatic carbocycles. The Kier molecular flexibility index (Phi) is 4.95. The van der Waals surface area contributed by atoms with Gasteiger partial charge in [0.15, 0.2) is 11.0 Å². The smallest absolute Gasteiger partial charge is 0.251 e. The molecule has 1 heterocycles. The van der Waals surface area contributed by atoms with Gasteiger partial charge in [0, 0.05) is 6.21 Å². The third-order valence-electron chi connectivity index (χ3n) is 4.22. The van der Waals surface area contributed by atoms with E-state index in [4.69, 9.17) is 12.2 Å². The van der Waals surface area contributed by atoms with Gasteiger partial charge in [-0.05, 0) is 62.3 Å². The van der Waals surface area contributed by atoms with Crippen molar-refractivity contribution in [2.75, 3.05) is 4.90 Å². The van der Waals surface area contributed by atoms with Crippen molar-refractivity contribution in [3.63, 3.8) is 0 Å². The van der Waals surface area contributed by atoms with Crippen LogP contribution >= 0.6 is 12.2 Å². The summed E-state index contributed by atoms with van der Waals surface area (Å²) in [5, 5.41) is 2.68. The minimum atomic E-state index is -1.03. The zero-order valence-corrected chi connectivity index (χ0v) is 15.6. The van der Waals surface area contributed by atoms with Crippen LogP contribution in [0.4, 0.5) is 11.4 Å². The first-order valence-electron chi connectivity index (χ1n) is 8.24. The lowest BCUT2D eigenvalue weighted by atomic mass is 10.1. The third kappa shape index (κ3) is 3.55. The number of carbonyl (C=O) groups is 2. The molecule has 0 aromatic heterocycles. The number of carbonyl (C=O) groups excluding carboxylic acids is 2. The van der Waals surface area contributed by atoms with E-state index in [2.05, 4.69) is 10.3 Å². The summed E-state index contributed by atoms with van der Waals surface area (Å²) in [7, 11) is 0. The van der Waals surface area contributed by atoms with Gasteiger partial charge < -0.3 is 5.32 Å². The SMILES string of the molecule is Cc1ccc(N2C(=O)[C@H](C=Nc3cc(C)ccc3C)C(=O)NC2=S)cc1. The lowest BCUT2D eigenvalue weighted by Gasteiger charge is -2.31. The number of thiocarbonyl (C=S) groups is 1. The van der Waals surface area contributed by atoms with Crippen LogP contribution in [0.1, 0.15) is 16.7 Å². The molecular formula is C20H19N3O2S. The number of nitrogens with zero attached hydrogens (tertiary/aromatic N) is 2. The molecule has 0 spiro atoms. The van der Waals surface area contributed by atoms with Crippen LogP contribution in [0.5, 0.6) is 0 Å². The number of aryl methyl sites for hydroxylation is 3. The highest BCUT2D eigenvalue weighted by atomic mass is 32.1. The number of aliphatic imine (C=N–C) groups is 1. The van der Waals surface area contributed by atoms with Crippen molar-refractivity contribution in [3.8, 4) is 0 Å². The van der Waals surface area contributed by atoms with Crippen LogP contribution in [-0.4, -0.2) is 23.1 Å². The highest BCUT2D eigenvalue weighted by Gasteiger charge is 2.38. The molecule has 0 radical (unpaired) electrons. The monoisotopic (exact) mass is 365 g/mol. The molecule has 132 valence electrons. The van der Waals surface area contributed by atoms with Gasteiger partial charge in [-0.1, -0.05) is 29.8 Å². The van der Waals surface area contributed by atoms with Gasteiger partial charge in [0.25, 0.3) is 5.91 Å². The first kappa shape index (κ1) is 17.9. The van der Waals surface area contributed by atoms with Crippen molar-refractivity contribution in [2.45, 2.75) is 20.8 Å².